The summed E-state index contributed by atoms with van der Waals surface area (Å²) >= 11 is 0. The van der Waals surface area contributed by atoms with Gasteiger partial charge in [-0.1, -0.05) is 6.07 Å². The molecule has 0 N–H and O–H groups in total. The van der Waals surface area contributed by atoms with Gasteiger partial charge >= 0.3 is 6.03 Å². The van der Waals surface area contributed by atoms with E-state index in [1.807, 2.05) is 0 Å². The Balaban J connectivity index is 2.06. The Morgan fingerprint density at radius 3 is 2.42 bits per heavy atom. The predicted molar refractivity (Wildman–Crippen MR) is 63.6 cm³/mol. The van der Waals surface area contributed by atoms with E-state index in [-0.39, 0.29) is 0 Å². The third-order valence-corrected chi connectivity index (χ3v) is 3.61. The molecule has 3 amide bonds. The lowest BCUT2D eigenvalue weighted by atomic mass is 10.0. The maximum Gasteiger partial charge on any atom is 0.332 e. The van der Waals surface area contributed by atoms with Crippen molar-refractivity contribution in [1.29, 1.82) is 0 Å². The lowest BCUT2D eigenvalue weighted by Crippen LogP contribution is -2.39. The Hall–Kier alpha value is -1.98. The van der Waals surface area contributed by atoms with Crippen LogP contribution in [-0.4, -0.2) is 29.4 Å². The highest BCUT2D eigenvalue weighted by Crippen LogP contribution is 2.33. The third kappa shape index (κ3) is 1.70. The number of hydrogen-bond donors (Lipinski definition) is 0. The zero-order valence-corrected chi connectivity index (χ0v) is 10.1. The van der Waals surface area contributed by atoms with E-state index >= 15 is 0 Å². The highest BCUT2D eigenvalue weighted by atomic mass is 19.1. The number of fused-ring (bicyclic) bond motifs is 1. The van der Waals surface area contributed by atoms with Gasteiger partial charge in [-0.2, -0.15) is 0 Å². The summed E-state index contributed by atoms with van der Waals surface area (Å²) < 4.78 is 27.4. The first-order chi connectivity index (χ1) is 9.11. The SMILES string of the molecule is O=C1[C@H]2CCCCN2C(=O)N1c1c(F)cccc1F. The highest BCUT2D eigenvalue weighted by molar-refractivity contribution is 6.21. The maximum atomic E-state index is 13.7. The summed E-state index contributed by atoms with van der Waals surface area (Å²) in [7, 11) is 0. The number of hydrogen-bond acceptors (Lipinski definition) is 2. The average molecular weight is 266 g/mol. The summed E-state index contributed by atoms with van der Waals surface area (Å²) in [6.07, 6.45) is 2.20. The van der Waals surface area contributed by atoms with Crippen LogP contribution < -0.4 is 4.90 Å². The number of carbonyl (C=O) groups is 2. The van der Waals surface area contributed by atoms with Crippen molar-refractivity contribution in [1.82, 2.24) is 4.90 Å². The number of rotatable bonds is 1. The van der Waals surface area contributed by atoms with Gasteiger partial charge in [-0.05, 0) is 31.4 Å². The number of urea groups is 1. The Morgan fingerprint density at radius 2 is 1.79 bits per heavy atom. The van der Waals surface area contributed by atoms with E-state index < -0.39 is 35.3 Å². The minimum atomic E-state index is -0.901. The first-order valence-electron chi connectivity index (χ1n) is 6.20. The number of nitrogens with zero attached hydrogens (tertiary/aromatic N) is 2. The van der Waals surface area contributed by atoms with Gasteiger partial charge in [0.2, 0.25) is 0 Å². The molecule has 2 aliphatic heterocycles. The summed E-state index contributed by atoms with van der Waals surface area (Å²) in [5, 5.41) is 0. The van der Waals surface area contributed by atoms with E-state index in [9.17, 15) is 18.4 Å². The fraction of sp³-hybridized carbons (Fsp3) is 0.385. The van der Waals surface area contributed by atoms with Gasteiger partial charge in [0, 0.05) is 6.54 Å². The molecular weight excluding hydrogens is 254 g/mol. The van der Waals surface area contributed by atoms with E-state index in [0.29, 0.717) is 17.9 Å². The number of halogens is 2. The van der Waals surface area contributed by atoms with Crippen molar-refractivity contribution in [2.24, 2.45) is 0 Å². The highest BCUT2D eigenvalue weighted by Gasteiger charge is 2.48. The van der Waals surface area contributed by atoms with Crippen LogP contribution in [0.25, 0.3) is 0 Å². The molecule has 4 nitrogen and oxygen atoms in total. The average Bonchev–Trinajstić information content (AvgIpc) is 2.64. The third-order valence-electron chi connectivity index (χ3n) is 3.61. The second-order valence-electron chi connectivity index (χ2n) is 4.73. The van der Waals surface area contributed by atoms with Gasteiger partial charge < -0.3 is 4.90 Å². The molecule has 100 valence electrons. The smallest absolute Gasteiger partial charge is 0.312 e. The van der Waals surface area contributed by atoms with E-state index in [4.69, 9.17) is 0 Å². The standard InChI is InChI=1S/C13H12F2N2O2/c14-8-4-3-5-9(15)11(8)17-12(18)10-6-1-2-7-16(10)13(17)19/h3-5,10H,1-2,6-7H2/t10-/m1/s1. The van der Waals surface area contributed by atoms with Crippen molar-refractivity contribution in [3.8, 4) is 0 Å². The summed E-state index contributed by atoms with van der Waals surface area (Å²) in [4.78, 5) is 26.4. The van der Waals surface area contributed by atoms with Crippen LogP contribution in [0.1, 0.15) is 19.3 Å². The normalized spacial score (nSPS) is 22.9. The number of para-hydroxylation sites is 1. The van der Waals surface area contributed by atoms with Crippen LogP contribution in [0, 0.1) is 11.6 Å². The van der Waals surface area contributed by atoms with Crippen molar-refractivity contribution in [2.45, 2.75) is 25.3 Å². The topological polar surface area (TPSA) is 40.6 Å². The molecule has 3 rings (SSSR count). The van der Waals surface area contributed by atoms with Gasteiger partial charge in [0.05, 0.1) is 0 Å². The molecule has 2 fully saturated rings. The zero-order valence-electron chi connectivity index (χ0n) is 10.1. The summed E-state index contributed by atoms with van der Waals surface area (Å²) in [5.41, 5.74) is -0.563. The van der Waals surface area contributed by atoms with Crippen LogP contribution in [0.5, 0.6) is 0 Å². The van der Waals surface area contributed by atoms with E-state index in [1.54, 1.807) is 0 Å². The quantitative estimate of drug-likeness (QED) is 0.732. The predicted octanol–water partition coefficient (Wildman–Crippen LogP) is 2.29. The second kappa shape index (κ2) is 4.29. The first-order valence-corrected chi connectivity index (χ1v) is 6.20. The first kappa shape index (κ1) is 12.1. The van der Waals surface area contributed by atoms with Crippen molar-refractivity contribution < 1.29 is 18.4 Å². The fourth-order valence-corrected chi connectivity index (χ4v) is 2.70. The van der Waals surface area contributed by atoms with E-state index in [2.05, 4.69) is 0 Å². The molecule has 0 aliphatic carbocycles. The minimum absolute atomic E-state index is 0.460. The molecule has 6 heteroatoms. The zero-order chi connectivity index (χ0) is 13.6. The molecule has 0 bridgehead atoms. The number of anilines is 1. The van der Waals surface area contributed by atoms with Crippen LogP contribution in [0.2, 0.25) is 0 Å². The molecule has 19 heavy (non-hydrogen) atoms. The molecule has 1 atom stereocenters. The lowest BCUT2D eigenvalue weighted by Gasteiger charge is -2.25. The van der Waals surface area contributed by atoms with Gasteiger partial charge in [0.15, 0.2) is 0 Å². The van der Waals surface area contributed by atoms with Crippen LogP contribution in [0.4, 0.5) is 19.3 Å². The molecule has 1 aromatic rings. The summed E-state index contributed by atoms with van der Waals surface area (Å²) in [5.74, 6) is -2.34. The van der Waals surface area contributed by atoms with Gasteiger partial charge in [0.1, 0.15) is 23.4 Å². The van der Waals surface area contributed by atoms with Crippen molar-refractivity contribution in [3.05, 3.63) is 29.8 Å². The fourth-order valence-electron chi connectivity index (χ4n) is 2.70. The van der Waals surface area contributed by atoms with Crippen molar-refractivity contribution in [3.63, 3.8) is 0 Å². The minimum Gasteiger partial charge on any atom is -0.312 e. The molecule has 0 unspecified atom stereocenters. The molecule has 0 spiro atoms. The largest absolute Gasteiger partial charge is 0.332 e. The maximum absolute atomic E-state index is 13.7. The number of benzene rings is 1. The number of carbonyl (C=O) groups excluding carboxylic acids is 2. The van der Waals surface area contributed by atoms with Crippen molar-refractivity contribution >= 4 is 17.6 Å². The van der Waals surface area contributed by atoms with Gasteiger partial charge in [-0.3, -0.25) is 4.79 Å². The van der Waals surface area contributed by atoms with Crippen LogP contribution >= 0.6 is 0 Å². The van der Waals surface area contributed by atoms with Gasteiger partial charge in [0.25, 0.3) is 5.91 Å². The van der Waals surface area contributed by atoms with Gasteiger partial charge in [-0.25, -0.2) is 18.5 Å². The van der Waals surface area contributed by atoms with Crippen LogP contribution in [-0.2, 0) is 4.79 Å². The summed E-state index contributed by atoms with van der Waals surface area (Å²) in [6, 6.07) is 2.08. The lowest BCUT2D eigenvalue weighted by molar-refractivity contribution is -0.120. The Kier molecular flexibility index (Phi) is 2.73. The number of piperidine rings is 1. The van der Waals surface area contributed by atoms with Crippen molar-refractivity contribution in [2.75, 3.05) is 11.4 Å². The van der Waals surface area contributed by atoms with E-state index in [1.165, 1.54) is 11.0 Å². The Labute approximate surface area is 108 Å². The molecule has 0 radical (unpaired) electrons. The van der Waals surface area contributed by atoms with Crippen LogP contribution in [0.15, 0.2) is 18.2 Å². The number of imide groups is 1. The Bertz CT molecular complexity index is 517. The summed E-state index contributed by atoms with van der Waals surface area (Å²) in [6.45, 7) is 0.460. The monoisotopic (exact) mass is 266 g/mol. The second-order valence-corrected chi connectivity index (χ2v) is 4.73. The van der Waals surface area contributed by atoms with Crippen LogP contribution in [0.3, 0.4) is 0 Å². The number of amides is 3. The molecule has 2 saturated heterocycles. The molecule has 2 heterocycles. The molecular formula is C13H12F2N2O2. The molecule has 2 aliphatic rings. The molecule has 0 saturated carbocycles. The van der Waals surface area contributed by atoms with Gasteiger partial charge in [-0.15, -0.1) is 0 Å². The Morgan fingerprint density at radius 1 is 1.11 bits per heavy atom. The molecule has 1 aromatic carbocycles. The van der Waals surface area contributed by atoms with E-state index in [0.717, 1.165) is 25.0 Å². The molecule has 0 aromatic heterocycles.